The van der Waals surface area contributed by atoms with Gasteiger partial charge in [-0.25, -0.2) is 13.1 Å². The van der Waals surface area contributed by atoms with Crippen molar-refractivity contribution in [2.75, 3.05) is 32.6 Å². The summed E-state index contributed by atoms with van der Waals surface area (Å²) in [6.45, 7) is 5.42. The summed E-state index contributed by atoms with van der Waals surface area (Å²) in [4.78, 5) is 6.37. The highest BCUT2D eigenvalue weighted by atomic mass is 32.2. The van der Waals surface area contributed by atoms with Crippen molar-refractivity contribution in [1.82, 2.24) is 20.0 Å². The number of aromatic nitrogens is 2. The SMILES string of the molecule is CN=C(NCC(C)(C)CCS(C)(=O)=O)N(C)Cc1cnn(-c2ccccc2)c1. The van der Waals surface area contributed by atoms with Crippen molar-refractivity contribution in [1.29, 1.82) is 0 Å². The Labute approximate surface area is 168 Å². The van der Waals surface area contributed by atoms with E-state index in [1.54, 1.807) is 7.05 Å². The fourth-order valence-corrected chi connectivity index (χ4v) is 3.69. The molecule has 7 nitrogen and oxygen atoms in total. The molecule has 1 aromatic carbocycles. The number of hydrogen-bond donors (Lipinski definition) is 1. The van der Waals surface area contributed by atoms with E-state index < -0.39 is 9.84 Å². The van der Waals surface area contributed by atoms with E-state index in [1.165, 1.54) is 6.26 Å². The molecule has 0 bridgehead atoms. The summed E-state index contributed by atoms with van der Waals surface area (Å²) in [5.41, 5.74) is 1.94. The molecule has 0 aliphatic heterocycles. The van der Waals surface area contributed by atoms with Gasteiger partial charge < -0.3 is 10.2 Å². The quantitative estimate of drug-likeness (QED) is 0.539. The zero-order chi connectivity index (χ0) is 20.8. The van der Waals surface area contributed by atoms with Crippen LogP contribution in [-0.2, 0) is 16.4 Å². The standard InChI is InChI=1S/C20H31N5O2S/c1-20(2,11-12-28(5,26)27)16-22-19(21-3)24(4)14-17-13-23-25(15-17)18-9-7-6-8-10-18/h6-10,13,15H,11-12,14,16H2,1-5H3,(H,21,22). The molecule has 0 aliphatic rings. The lowest BCUT2D eigenvalue weighted by Crippen LogP contribution is -2.43. The minimum atomic E-state index is -2.96. The van der Waals surface area contributed by atoms with E-state index in [9.17, 15) is 8.42 Å². The van der Waals surface area contributed by atoms with E-state index in [-0.39, 0.29) is 11.2 Å². The Hall–Kier alpha value is -2.35. The van der Waals surface area contributed by atoms with Crippen LogP contribution in [0.1, 0.15) is 25.8 Å². The number of para-hydroxylation sites is 1. The molecule has 1 aromatic heterocycles. The second-order valence-corrected chi connectivity index (χ2v) is 10.2. The van der Waals surface area contributed by atoms with Crippen LogP contribution in [0.15, 0.2) is 47.7 Å². The van der Waals surface area contributed by atoms with Crippen LogP contribution in [0.5, 0.6) is 0 Å². The van der Waals surface area contributed by atoms with E-state index >= 15 is 0 Å². The van der Waals surface area contributed by atoms with Gasteiger partial charge in [-0.05, 0) is 24.0 Å². The molecule has 0 unspecified atom stereocenters. The van der Waals surface area contributed by atoms with Crippen LogP contribution in [0, 0.1) is 5.41 Å². The topological polar surface area (TPSA) is 79.6 Å². The van der Waals surface area contributed by atoms with Crippen LogP contribution in [-0.4, -0.2) is 61.7 Å². The number of hydrogen-bond acceptors (Lipinski definition) is 4. The van der Waals surface area contributed by atoms with E-state index in [4.69, 9.17) is 0 Å². The molecule has 0 spiro atoms. The molecule has 0 radical (unpaired) electrons. The predicted octanol–water partition coefficient (Wildman–Crippen LogP) is 2.34. The van der Waals surface area contributed by atoms with Gasteiger partial charge in [0.1, 0.15) is 9.84 Å². The summed E-state index contributed by atoms with van der Waals surface area (Å²) in [7, 11) is 0.760. The highest BCUT2D eigenvalue weighted by Gasteiger charge is 2.21. The van der Waals surface area contributed by atoms with Crippen molar-refractivity contribution < 1.29 is 8.42 Å². The van der Waals surface area contributed by atoms with Gasteiger partial charge in [0.25, 0.3) is 0 Å². The molecule has 0 saturated heterocycles. The van der Waals surface area contributed by atoms with E-state index in [2.05, 4.69) is 29.3 Å². The summed E-state index contributed by atoms with van der Waals surface area (Å²) in [5, 5.41) is 7.79. The Balaban J connectivity index is 1.93. The summed E-state index contributed by atoms with van der Waals surface area (Å²) >= 11 is 0. The van der Waals surface area contributed by atoms with Crippen molar-refractivity contribution >= 4 is 15.8 Å². The first kappa shape index (κ1) is 21.9. The Bertz CT molecular complexity index is 888. The molecular formula is C20H31N5O2S. The Morgan fingerprint density at radius 2 is 1.96 bits per heavy atom. The average molecular weight is 406 g/mol. The fraction of sp³-hybridized carbons (Fsp3) is 0.500. The summed E-state index contributed by atoms with van der Waals surface area (Å²) in [6, 6.07) is 9.98. The molecule has 0 fully saturated rings. The molecule has 0 saturated carbocycles. The van der Waals surface area contributed by atoms with Crippen LogP contribution in [0.4, 0.5) is 0 Å². The number of aliphatic imine (C=N–C) groups is 1. The van der Waals surface area contributed by atoms with Gasteiger partial charge in [0, 0.05) is 45.2 Å². The molecule has 2 rings (SSSR count). The number of guanidine groups is 1. The number of nitrogens with zero attached hydrogens (tertiary/aromatic N) is 4. The molecule has 1 N–H and O–H groups in total. The lowest BCUT2D eigenvalue weighted by molar-refractivity contribution is 0.340. The van der Waals surface area contributed by atoms with E-state index in [1.807, 2.05) is 59.4 Å². The van der Waals surface area contributed by atoms with Crippen LogP contribution in [0.2, 0.25) is 0 Å². The maximum atomic E-state index is 11.4. The van der Waals surface area contributed by atoms with Gasteiger partial charge in [-0.1, -0.05) is 32.0 Å². The summed E-state index contributed by atoms with van der Waals surface area (Å²) in [5.74, 6) is 0.953. The lowest BCUT2D eigenvalue weighted by Gasteiger charge is -2.28. The van der Waals surface area contributed by atoms with Crippen molar-refractivity contribution in [3.8, 4) is 5.69 Å². The minimum absolute atomic E-state index is 0.155. The van der Waals surface area contributed by atoms with Crippen molar-refractivity contribution in [2.24, 2.45) is 10.4 Å². The largest absolute Gasteiger partial charge is 0.356 e. The Kier molecular flexibility index (Phi) is 7.23. The van der Waals surface area contributed by atoms with Crippen LogP contribution >= 0.6 is 0 Å². The lowest BCUT2D eigenvalue weighted by atomic mass is 9.90. The molecule has 154 valence electrons. The first-order valence-corrected chi connectivity index (χ1v) is 11.3. The summed E-state index contributed by atoms with van der Waals surface area (Å²) < 4.78 is 24.7. The third-order valence-corrected chi connectivity index (χ3v) is 5.47. The third-order valence-electron chi connectivity index (χ3n) is 4.52. The van der Waals surface area contributed by atoms with Crippen LogP contribution < -0.4 is 5.32 Å². The summed E-state index contributed by atoms with van der Waals surface area (Å²) in [6.07, 6.45) is 5.74. The first-order valence-electron chi connectivity index (χ1n) is 9.28. The third kappa shape index (κ3) is 6.99. The maximum absolute atomic E-state index is 11.4. The van der Waals surface area contributed by atoms with Gasteiger partial charge in [0.2, 0.25) is 0 Å². The second kappa shape index (κ2) is 9.23. The molecule has 2 aromatic rings. The molecule has 0 atom stereocenters. The molecule has 0 aliphatic carbocycles. The van der Waals surface area contributed by atoms with Gasteiger partial charge in [-0.2, -0.15) is 5.10 Å². The average Bonchev–Trinajstić information content (AvgIpc) is 3.09. The van der Waals surface area contributed by atoms with Crippen LogP contribution in [0.25, 0.3) is 5.69 Å². The van der Waals surface area contributed by atoms with E-state index in [0.29, 0.717) is 19.5 Å². The van der Waals surface area contributed by atoms with Gasteiger partial charge in [-0.15, -0.1) is 0 Å². The Morgan fingerprint density at radius 3 is 2.57 bits per heavy atom. The smallest absolute Gasteiger partial charge is 0.193 e. The molecule has 0 amide bonds. The van der Waals surface area contributed by atoms with Crippen molar-refractivity contribution in [2.45, 2.75) is 26.8 Å². The van der Waals surface area contributed by atoms with Gasteiger partial charge in [-0.3, -0.25) is 4.99 Å². The van der Waals surface area contributed by atoms with Gasteiger partial charge in [0.05, 0.1) is 17.6 Å². The monoisotopic (exact) mass is 405 g/mol. The number of rotatable bonds is 8. The van der Waals surface area contributed by atoms with Gasteiger partial charge in [0.15, 0.2) is 5.96 Å². The molecule has 28 heavy (non-hydrogen) atoms. The highest BCUT2D eigenvalue weighted by Crippen LogP contribution is 2.20. The molecule has 8 heteroatoms. The number of sulfone groups is 1. The predicted molar refractivity (Wildman–Crippen MR) is 115 cm³/mol. The number of nitrogens with one attached hydrogen (secondary N) is 1. The zero-order valence-electron chi connectivity index (χ0n) is 17.4. The Morgan fingerprint density at radius 1 is 1.29 bits per heavy atom. The zero-order valence-corrected chi connectivity index (χ0v) is 18.2. The fourth-order valence-electron chi connectivity index (χ4n) is 2.77. The second-order valence-electron chi connectivity index (χ2n) is 7.93. The van der Waals surface area contributed by atoms with Crippen molar-refractivity contribution in [3.05, 3.63) is 48.3 Å². The highest BCUT2D eigenvalue weighted by molar-refractivity contribution is 7.90. The van der Waals surface area contributed by atoms with Crippen molar-refractivity contribution in [3.63, 3.8) is 0 Å². The minimum Gasteiger partial charge on any atom is -0.356 e. The van der Waals surface area contributed by atoms with Crippen LogP contribution in [0.3, 0.4) is 0 Å². The molecular weight excluding hydrogens is 374 g/mol. The number of benzene rings is 1. The molecule has 1 heterocycles. The van der Waals surface area contributed by atoms with Gasteiger partial charge >= 0.3 is 0 Å². The normalized spacial score (nSPS) is 12.8. The van der Waals surface area contributed by atoms with E-state index in [0.717, 1.165) is 17.2 Å². The maximum Gasteiger partial charge on any atom is 0.193 e. The first-order chi connectivity index (χ1) is 13.1.